The second-order valence-electron chi connectivity index (χ2n) is 4.45. The van der Waals surface area contributed by atoms with Gasteiger partial charge in [0.1, 0.15) is 9.71 Å². The second-order valence-corrected chi connectivity index (χ2v) is 5.45. The number of rotatable bonds is 4. The highest BCUT2D eigenvalue weighted by molar-refractivity contribution is 7.21. The minimum Gasteiger partial charge on any atom is -0.465 e. The SMILES string of the molecule is CCC(C)C(=O)Nc1c(C(=O)OC)sc2ncccc12. The first-order valence-electron chi connectivity index (χ1n) is 6.35. The molecule has 1 amide bonds. The van der Waals surface area contributed by atoms with E-state index < -0.39 is 5.97 Å². The molecular weight excluding hydrogens is 276 g/mol. The standard InChI is InChI=1S/C14H16N2O3S/c1-4-8(2)12(17)16-10-9-6-5-7-15-13(9)20-11(10)14(18)19-3/h5-8H,4H2,1-3H3,(H,16,17). The molecule has 106 valence electrons. The van der Waals surface area contributed by atoms with Gasteiger partial charge in [-0.3, -0.25) is 4.79 Å². The molecular formula is C14H16N2O3S. The van der Waals surface area contributed by atoms with Crippen LogP contribution in [0, 0.1) is 5.92 Å². The van der Waals surface area contributed by atoms with Crippen LogP contribution in [0.1, 0.15) is 29.9 Å². The number of nitrogens with zero attached hydrogens (tertiary/aromatic N) is 1. The molecule has 0 saturated carbocycles. The number of hydrogen-bond acceptors (Lipinski definition) is 5. The summed E-state index contributed by atoms with van der Waals surface area (Å²) >= 11 is 1.22. The molecule has 0 fully saturated rings. The van der Waals surface area contributed by atoms with Crippen LogP contribution in [-0.4, -0.2) is 24.0 Å². The predicted octanol–water partition coefficient (Wildman–Crippen LogP) is 3.07. The molecule has 0 aliphatic heterocycles. The topological polar surface area (TPSA) is 68.3 Å². The van der Waals surface area contributed by atoms with Crippen LogP contribution in [-0.2, 0) is 9.53 Å². The molecule has 0 aliphatic carbocycles. The van der Waals surface area contributed by atoms with Gasteiger partial charge in [0, 0.05) is 17.5 Å². The number of amides is 1. The van der Waals surface area contributed by atoms with Crippen LogP contribution in [0.25, 0.3) is 10.2 Å². The molecule has 0 saturated heterocycles. The van der Waals surface area contributed by atoms with Crippen molar-refractivity contribution in [2.24, 2.45) is 5.92 Å². The van der Waals surface area contributed by atoms with Crippen molar-refractivity contribution in [1.29, 1.82) is 0 Å². The third kappa shape index (κ3) is 2.65. The Balaban J connectivity index is 2.48. The molecule has 2 aromatic rings. The molecule has 2 heterocycles. The number of nitrogens with one attached hydrogen (secondary N) is 1. The molecule has 0 radical (unpaired) electrons. The Labute approximate surface area is 121 Å². The summed E-state index contributed by atoms with van der Waals surface area (Å²) < 4.78 is 4.77. The molecule has 6 heteroatoms. The van der Waals surface area contributed by atoms with Crippen LogP contribution in [0.15, 0.2) is 18.3 Å². The molecule has 5 nitrogen and oxygen atoms in total. The number of pyridine rings is 1. The maximum Gasteiger partial charge on any atom is 0.350 e. The van der Waals surface area contributed by atoms with Crippen LogP contribution < -0.4 is 5.32 Å². The van der Waals surface area contributed by atoms with E-state index in [-0.39, 0.29) is 11.8 Å². The maximum atomic E-state index is 12.1. The molecule has 1 N–H and O–H groups in total. The minimum atomic E-state index is -0.465. The Morgan fingerprint density at radius 3 is 2.90 bits per heavy atom. The van der Waals surface area contributed by atoms with E-state index in [4.69, 9.17) is 4.74 Å². The monoisotopic (exact) mass is 292 g/mol. The zero-order valence-electron chi connectivity index (χ0n) is 11.6. The molecule has 20 heavy (non-hydrogen) atoms. The van der Waals surface area contributed by atoms with E-state index in [2.05, 4.69) is 10.3 Å². The Morgan fingerprint density at radius 2 is 2.25 bits per heavy atom. The number of carbonyl (C=O) groups excluding carboxylic acids is 2. The fraction of sp³-hybridized carbons (Fsp3) is 0.357. The van der Waals surface area contributed by atoms with Gasteiger partial charge < -0.3 is 10.1 Å². The molecule has 0 bridgehead atoms. The van der Waals surface area contributed by atoms with Crippen LogP contribution in [0.2, 0.25) is 0 Å². The number of ether oxygens (including phenoxy) is 1. The van der Waals surface area contributed by atoms with Crippen LogP contribution >= 0.6 is 11.3 Å². The number of esters is 1. The highest BCUT2D eigenvalue weighted by Crippen LogP contribution is 2.35. The largest absolute Gasteiger partial charge is 0.465 e. The number of hydrogen-bond donors (Lipinski definition) is 1. The average Bonchev–Trinajstić information content (AvgIpc) is 2.84. The van der Waals surface area contributed by atoms with E-state index >= 15 is 0 Å². The number of thiophene rings is 1. The normalized spacial score (nSPS) is 12.2. The summed E-state index contributed by atoms with van der Waals surface area (Å²) in [6.07, 6.45) is 2.39. The summed E-state index contributed by atoms with van der Waals surface area (Å²) in [5.74, 6) is -0.694. The quantitative estimate of drug-likeness (QED) is 0.879. The Bertz CT molecular complexity index is 651. The van der Waals surface area contributed by atoms with Crippen molar-refractivity contribution < 1.29 is 14.3 Å². The highest BCUT2D eigenvalue weighted by atomic mass is 32.1. The maximum absolute atomic E-state index is 12.1. The van der Waals surface area contributed by atoms with Crippen LogP contribution in [0.5, 0.6) is 0 Å². The lowest BCUT2D eigenvalue weighted by Gasteiger charge is -2.10. The Kier molecular flexibility index (Phi) is 4.34. The summed E-state index contributed by atoms with van der Waals surface area (Å²) in [5.41, 5.74) is 0.496. The van der Waals surface area contributed by atoms with Crippen LogP contribution in [0.4, 0.5) is 5.69 Å². The lowest BCUT2D eigenvalue weighted by Crippen LogP contribution is -2.20. The van der Waals surface area contributed by atoms with E-state index in [9.17, 15) is 9.59 Å². The van der Waals surface area contributed by atoms with Gasteiger partial charge >= 0.3 is 5.97 Å². The van der Waals surface area contributed by atoms with Crippen LogP contribution in [0.3, 0.4) is 0 Å². The van der Waals surface area contributed by atoms with Crippen molar-refractivity contribution in [3.05, 3.63) is 23.2 Å². The highest BCUT2D eigenvalue weighted by Gasteiger charge is 2.22. The minimum absolute atomic E-state index is 0.110. The number of fused-ring (bicyclic) bond motifs is 1. The number of aromatic nitrogens is 1. The summed E-state index contributed by atoms with van der Waals surface area (Å²) in [5, 5.41) is 3.59. The molecule has 0 aliphatic rings. The molecule has 1 atom stereocenters. The van der Waals surface area contributed by atoms with E-state index in [0.717, 1.165) is 11.8 Å². The summed E-state index contributed by atoms with van der Waals surface area (Å²) in [6.45, 7) is 3.79. The first-order valence-corrected chi connectivity index (χ1v) is 7.16. The molecule has 0 aromatic carbocycles. The summed E-state index contributed by atoms with van der Waals surface area (Å²) in [7, 11) is 1.32. The molecule has 0 spiro atoms. The zero-order chi connectivity index (χ0) is 14.7. The molecule has 2 rings (SSSR count). The van der Waals surface area contributed by atoms with Crippen molar-refractivity contribution in [1.82, 2.24) is 4.98 Å². The number of methoxy groups -OCH3 is 1. The lowest BCUT2D eigenvalue weighted by molar-refractivity contribution is -0.119. The van der Waals surface area contributed by atoms with E-state index in [1.165, 1.54) is 18.4 Å². The van der Waals surface area contributed by atoms with Gasteiger partial charge in [-0.2, -0.15) is 0 Å². The zero-order valence-corrected chi connectivity index (χ0v) is 12.4. The van der Waals surface area contributed by atoms with Gasteiger partial charge in [0.15, 0.2) is 0 Å². The van der Waals surface area contributed by atoms with Crippen molar-refractivity contribution in [3.63, 3.8) is 0 Å². The van der Waals surface area contributed by atoms with E-state index in [0.29, 0.717) is 15.4 Å². The fourth-order valence-electron chi connectivity index (χ4n) is 1.72. The number of anilines is 1. The van der Waals surface area contributed by atoms with Gasteiger partial charge in [0.2, 0.25) is 5.91 Å². The first kappa shape index (κ1) is 14.5. The first-order chi connectivity index (χ1) is 9.58. The predicted molar refractivity (Wildman–Crippen MR) is 79.0 cm³/mol. The van der Waals surface area contributed by atoms with Gasteiger partial charge in [-0.25, -0.2) is 9.78 Å². The molecule has 2 aromatic heterocycles. The third-order valence-corrected chi connectivity index (χ3v) is 4.24. The van der Waals surface area contributed by atoms with E-state index in [1.54, 1.807) is 12.3 Å². The van der Waals surface area contributed by atoms with Gasteiger partial charge in [0.25, 0.3) is 0 Å². The Hall–Kier alpha value is -1.95. The van der Waals surface area contributed by atoms with Crippen molar-refractivity contribution >= 4 is 39.1 Å². The van der Waals surface area contributed by atoms with Gasteiger partial charge in [-0.05, 0) is 18.6 Å². The summed E-state index contributed by atoms with van der Waals surface area (Å²) in [4.78, 5) is 29.2. The second kappa shape index (κ2) is 6.00. The van der Waals surface area contributed by atoms with Crippen molar-refractivity contribution in [2.45, 2.75) is 20.3 Å². The lowest BCUT2D eigenvalue weighted by atomic mass is 10.1. The average molecular weight is 292 g/mol. The smallest absolute Gasteiger partial charge is 0.350 e. The van der Waals surface area contributed by atoms with Gasteiger partial charge in [0.05, 0.1) is 12.8 Å². The van der Waals surface area contributed by atoms with Gasteiger partial charge in [-0.1, -0.05) is 13.8 Å². The number of carbonyl (C=O) groups is 2. The van der Waals surface area contributed by atoms with Crippen molar-refractivity contribution in [3.8, 4) is 0 Å². The summed E-state index contributed by atoms with van der Waals surface area (Å²) in [6, 6.07) is 3.60. The van der Waals surface area contributed by atoms with Crippen molar-refractivity contribution in [2.75, 3.05) is 12.4 Å². The molecule has 1 unspecified atom stereocenters. The third-order valence-electron chi connectivity index (χ3n) is 3.15. The van der Waals surface area contributed by atoms with E-state index in [1.807, 2.05) is 19.9 Å². The fourth-order valence-corrected chi connectivity index (χ4v) is 2.74. The van der Waals surface area contributed by atoms with Gasteiger partial charge in [-0.15, -0.1) is 11.3 Å². The Morgan fingerprint density at radius 1 is 1.50 bits per heavy atom.